The van der Waals surface area contributed by atoms with E-state index in [0.29, 0.717) is 38.6 Å². The molecule has 284 valence electrons. The molecule has 12 heteroatoms. The lowest BCUT2D eigenvalue weighted by atomic mass is 9.80. The average Bonchev–Trinajstić information content (AvgIpc) is 3.84. The third-order valence-electron chi connectivity index (χ3n) is 13.1. The summed E-state index contributed by atoms with van der Waals surface area (Å²) in [6, 6.07) is 11.9. The van der Waals surface area contributed by atoms with Gasteiger partial charge >= 0.3 is 6.03 Å². The Morgan fingerprint density at radius 2 is 1.60 bits per heavy atom. The second-order valence-corrected chi connectivity index (χ2v) is 18.9. The first-order valence-corrected chi connectivity index (χ1v) is 21.1. The molecule has 8 rings (SSSR count). The fraction of sp³-hybridized carbons (Fsp3) is 0.585. The minimum Gasteiger partial charge on any atom is -0.497 e. The number of benzene rings is 2. The SMILES string of the molecule is CNC(=O)N1C[C@H]2CC[C@@H](C1)CN(C(=O)[C@]13C[C@H]1Cc1cc(OC)ccc1-c1c(C4CCCCC4)c4ccc(C(=O)NS(=O)(=O)C(C)C)cc4n1C3)C2. The van der Waals surface area contributed by atoms with Gasteiger partial charge in [-0.1, -0.05) is 25.3 Å². The molecular formula is C41H53N5O6S. The molecule has 1 aromatic heterocycles. The number of rotatable bonds is 6. The molecule has 0 unspecified atom stereocenters. The Morgan fingerprint density at radius 1 is 0.906 bits per heavy atom. The summed E-state index contributed by atoms with van der Waals surface area (Å²) in [4.78, 5) is 45.4. The Bertz CT molecular complexity index is 2050. The largest absolute Gasteiger partial charge is 0.497 e. The van der Waals surface area contributed by atoms with Crippen LogP contribution in [0.2, 0.25) is 0 Å². The van der Waals surface area contributed by atoms with Crippen LogP contribution < -0.4 is 14.8 Å². The summed E-state index contributed by atoms with van der Waals surface area (Å²) >= 11 is 0. The van der Waals surface area contributed by atoms with Crippen molar-refractivity contribution >= 4 is 38.8 Å². The lowest BCUT2D eigenvalue weighted by Crippen LogP contribution is -2.51. The summed E-state index contributed by atoms with van der Waals surface area (Å²) in [6.07, 6.45) is 9.20. The van der Waals surface area contributed by atoms with Crippen LogP contribution in [-0.2, 0) is 27.8 Å². The predicted octanol–water partition coefficient (Wildman–Crippen LogP) is 5.90. The summed E-state index contributed by atoms with van der Waals surface area (Å²) in [6.45, 7) is 6.18. The van der Waals surface area contributed by atoms with Gasteiger partial charge in [0.15, 0.2) is 0 Å². The average molecular weight is 744 g/mol. The quantitative estimate of drug-likeness (QED) is 0.323. The van der Waals surface area contributed by atoms with Crippen LogP contribution in [0.15, 0.2) is 36.4 Å². The molecule has 3 aliphatic heterocycles. The fourth-order valence-electron chi connectivity index (χ4n) is 10.1. The smallest absolute Gasteiger partial charge is 0.317 e. The normalized spacial score (nSPS) is 25.7. The number of nitrogens with zero attached hydrogens (tertiary/aromatic N) is 3. The Hall–Kier alpha value is -4.06. The number of hydrogen-bond acceptors (Lipinski definition) is 6. The zero-order valence-corrected chi connectivity index (χ0v) is 32.3. The molecule has 2 aliphatic carbocycles. The van der Waals surface area contributed by atoms with Crippen LogP contribution in [-0.4, -0.2) is 86.2 Å². The van der Waals surface area contributed by atoms with Crippen molar-refractivity contribution in [3.63, 3.8) is 0 Å². The first-order valence-electron chi connectivity index (χ1n) is 19.6. The highest BCUT2D eigenvalue weighted by atomic mass is 32.2. The van der Waals surface area contributed by atoms with Gasteiger partial charge in [-0.05, 0) is 118 Å². The second-order valence-electron chi connectivity index (χ2n) is 16.7. The zero-order valence-electron chi connectivity index (χ0n) is 31.4. The van der Waals surface area contributed by atoms with Gasteiger partial charge in [0.05, 0.1) is 23.5 Å². The molecule has 2 saturated heterocycles. The van der Waals surface area contributed by atoms with Crippen LogP contribution in [0.25, 0.3) is 22.2 Å². The van der Waals surface area contributed by atoms with Crippen molar-refractivity contribution in [3.8, 4) is 17.0 Å². The first kappa shape index (κ1) is 35.9. The van der Waals surface area contributed by atoms with Gasteiger partial charge in [-0.15, -0.1) is 0 Å². The summed E-state index contributed by atoms with van der Waals surface area (Å²) < 4.78 is 35.9. The van der Waals surface area contributed by atoms with Gasteiger partial charge in [-0.3, -0.25) is 9.59 Å². The van der Waals surface area contributed by atoms with E-state index < -0.39 is 26.6 Å². The van der Waals surface area contributed by atoms with E-state index in [2.05, 4.69) is 31.6 Å². The van der Waals surface area contributed by atoms with Crippen LogP contribution in [0.4, 0.5) is 4.79 Å². The van der Waals surface area contributed by atoms with Crippen LogP contribution in [0.1, 0.15) is 92.6 Å². The summed E-state index contributed by atoms with van der Waals surface area (Å²) in [5.74, 6) is 1.24. The number of sulfonamides is 1. The highest BCUT2D eigenvalue weighted by molar-refractivity contribution is 7.90. The number of hydrogen-bond donors (Lipinski definition) is 2. The molecule has 0 spiro atoms. The van der Waals surface area contributed by atoms with Crippen molar-refractivity contribution in [1.82, 2.24) is 24.4 Å². The minimum absolute atomic E-state index is 0.0488. The molecule has 4 heterocycles. The Kier molecular flexibility index (Phi) is 9.26. The van der Waals surface area contributed by atoms with E-state index in [9.17, 15) is 18.0 Å². The molecule has 2 aromatic carbocycles. The zero-order chi connectivity index (χ0) is 37.2. The monoisotopic (exact) mass is 743 g/mol. The number of ether oxygens (including phenoxy) is 1. The van der Waals surface area contributed by atoms with Gasteiger partial charge in [0.1, 0.15) is 5.75 Å². The van der Waals surface area contributed by atoms with Crippen molar-refractivity contribution < 1.29 is 27.5 Å². The predicted molar refractivity (Wildman–Crippen MR) is 204 cm³/mol. The number of likely N-dealkylation sites (tertiary alicyclic amines) is 2. The summed E-state index contributed by atoms with van der Waals surface area (Å²) in [7, 11) is -0.470. The van der Waals surface area contributed by atoms with E-state index in [4.69, 9.17) is 4.74 Å². The topological polar surface area (TPSA) is 130 Å². The first-order chi connectivity index (χ1) is 25.4. The molecular weight excluding hydrogens is 691 g/mol. The maximum atomic E-state index is 15.2. The standard InChI is InChI=1S/C41H53N5O6S/c1-25(2)53(50,51)43-38(47)29-12-14-34-35(18-29)46-24-41(39(48)44-20-26-10-11-27(21-44)23-45(22-26)40(49)42-3)19-31(41)16-30-17-32(52-4)13-15-33(30)37(46)36(34)28-8-6-5-7-9-28/h12-15,17-18,25-28,31H,5-11,16,19-24H2,1-4H3,(H,42,49)(H,43,47)/t26-,27+,31-,41+/m1/s1. The number of fused-ring (bicyclic) bond motifs is 9. The van der Waals surface area contributed by atoms with Gasteiger partial charge in [0.25, 0.3) is 5.91 Å². The Balaban J connectivity index is 1.26. The van der Waals surface area contributed by atoms with Crippen molar-refractivity contribution in [3.05, 3.63) is 53.1 Å². The number of amides is 4. The van der Waals surface area contributed by atoms with Gasteiger partial charge in [0, 0.05) is 61.8 Å². The molecule has 2 saturated carbocycles. The van der Waals surface area contributed by atoms with E-state index in [1.165, 1.54) is 17.5 Å². The van der Waals surface area contributed by atoms with Gasteiger partial charge in [0.2, 0.25) is 15.9 Å². The van der Waals surface area contributed by atoms with Gasteiger partial charge in [-0.25, -0.2) is 17.9 Å². The van der Waals surface area contributed by atoms with E-state index in [1.807, 2.05) is 23.1 Å². The number of methoxy groups -OCH3 is 1. The number of carbonyl (C=O) groups excluding carboxylic acids is 3. The number of aromatic nitrogens is 1. The molecule has 4 atom stereocenters. The molecule has 3 aromatic rings. The van der Waals surface area contributed by atoms with E-state index in [1.54, 1.807) is 34.1 Å². The van der Waals surface area contributed by atoms with E-state index in [-0.39, 0.29) is 35.3 Å². The number of carbonyl (C=O) groups is 3. The van der Waals surface area contributed by atoms with E-state index >= 15 is 4.79 Å². The Morgan fingerprint density at radius 3 is 2.26 bits per heavy atom. The minimum atomic E-state index is -3.83. The lowest BCUT2D eigenvalue weighted by molar-refractivity contribution is -0.139. The third kappa shape index (κ3) is 6.38. The second kappa shape index (κ2) is 13.7. The summed E-state index contributed by atoms with van der Waals surface area (Å²) in [5.41, 5.74) is 5.22. The number of nitrogens with one attached hydrogen (secondary N) is 2. The lowest BCUT2D eigenvalue weighted by Gasteiger charge is -2.37. The highest BCUT2D eigenvalue weighted by Gasteiger charge is 2.62. The summed E-state index contributed by atoms with van der Waals surface area (Å²) in [5, 5.41) is 3.11. The molecule has 53 heavy (non-hydrogen) atoms. The van der Waals surface area contributed by atoms with Crippen LogP contribution in [0.5, 0.6) is 5.75 Å². The van der Waals surface area contributed by atoms with Crippen molar-refractivity contribution in [2.24, 2.45) is 23.2 Å². The van der Waals surface area contributed by atoms with Gasteiger partial charge < -0.3 is 24.4 Å². The molecule has 11 nitrogen and oxygen atoms in total. The van der Waals surface area contributed by atoms with Crippen LogP contribution in [0, 0.1) is 23.2 Å². The third-order valence-corrected chi connectivity index (χ3v) is 14.8. The van der Waals surface area contributed by atoms with Crippen LogP contribution >= 0.6 is 0 Å². The number of urea groups is 1. The molecule has 4 amide bonds. The fourth-order valence-corrected chi connectivity index (χ4v) is 10.7. The molecule has 5 aliphatic rings. The highest BCUT2D eigenvalue weighted by Crippen LogP contribution is 2.60. The van der Waals surface area contributed by atoms with Crippen molar-refractivity contribution in [2.75, 3.05) is 40.3 Å². The van der Waals surface area contributed by atoms with Crippen molar-refractivity contribution in [1.29, 1.82) is 0 Å². The Labute approximate surface area is 312 Å². The van der Waals surface area contributed by atoms with Crippen molar-refractivity contribution in [2.45, 2.75) is 89.3 Å². The van der Waals surface area contributed by atoms with Gasteiger partial charge in [-0.2, -0.15) is 0 Å². The van der Waals surface area contributed by atoms with Crippen LogP contribution in [0.3, 0.4) is 0 Å². The maximum absolute atomic E-state index is 15.2. The van der Waals surface area contributed by atoms with E-state index in [0.717, 1.165) is 79.3 Å². The molecule has 0 radical (unpaired) electrons. The maximum Gasteiger partial charge on any atom is 0.317 e. The molecule has 4 fully saturated rings. The molecule has 2 N–H and O–H groups in total. The molecule has 2 bridgehead atoms.